The van der Waals surface area contributed by atoms with Crippen molar-refractivity contribution in [3.8, 4) is 0 Å². The van der Waals surface area contributed by atoms with Gasteiger partial charge in [0.15, 0.2) is 5.60 Å². The smallest absolute Gasteiger partial charge is 0.387 e. The number of hydrogen-bond donors (Lipinski definition) is 2. The Hall–Kier alpha value is -1.63. The summed E-state index contributed by atoms with van der Waals surface area (Å²) in [7, 11) is 0. The molecule has 0 radical (unpaired) electrons. The van der Waals surface area contributed by atoms with Crippen molar-refractivity contribution in [2.24, 2.45) is 0 Å². The molecule has 1 saturated heterocycles. The van der Waals surface area contributed by atoms with E-state index in [2.05, 4.69) is 9.78 Å². The van der Waals surface area contributed by atoms with Gasteiger partial charge in [0.25, 0.3) is 0 Å². The SMILES string of the molecule is O=C(O)C[C@@]1(O)CC(=O)OOC1=O. The minimum absolute atomic E-state index is 0.710. The van der Waals surface area contributed by atoms with Gasteiger partial charge in [-0.1, -0.05) is 0 Å². The molecule has 1 aliphatic heterocycles. The van der Waals surface area contributed by atoms with Crippen LogP contribution in [0.25, 0.3) is 0 Å². The van der Waals surface area contributed by atoms with Gasteiger partial charge in [-0.3, -0.25) is 4.79 Å². The van der Waals surface area contributed by atoms with Crippen LogP contribution in [0.1, 0.15) is 12.8 Å². The number of carboxylic acids is 1. The van der Waals surface area contributed by atoms with Crippen molar-refractivity contribution in [1.82, 2.24) is 0 Å². The van der Waals surface area contributed by atoms with Crippen LogP contribution < -0.4 is 0 Å². The maximum atomic E-state index is 10.8. The van der Waals surface area contributed by atoms with Gasteiger partial charge in [0.1, 0.15) is 0 Å². The summed E-state index contributed by atoms with van der Waals surface area (Å²) in [5, 5.41) is 17.6. The third-order valence-electron chi connectivity index (χ3n) is 1.47. The summed E-state index contributed by atoms with van der Waals surface area (Å²) in [6, 6.07) is 0. The maximum Gasteiger partial charge on any atom is 0.387 e. The van der Waals surface area contributed by atoms with Crippen LogP contribution in [-0.4, -0.2) is 33.7 Å². The zero-order valence-corrected chi connectivity index (χ0v) is 6.35. The van der Waals surface area contributed by atoms with Crippen molar-refractivity contribution in [2.45, 2.75) is 18.4 Å². The molecule has 1 heterocycles. The van der Waals surface area contributed by atoms with E-state index in [1.807, 2.05) is 0 Å². The lowest BCUT2D eigenvalue weighted by Gasteiger charge is -2.25. The van der Waals surface area contributed by atoms with E-state index >= 15 is 0 Å². The third kappa shape index (κ3) is 1.94. The van der Waals surface area contributed by atoms with E-state index in [4.69, 9.17) is 5.11 Å². The van der Waals surface area contributed by atoms with Crippen molar-refractivity contribution in [2.75, 3.05) is 0 Å². The van der Waals surface area contributed by atoms with E-state index < -0.39 is 36.4 Å². The first-order valence-electron chi connectivity index (χ1n) is 3.30. The number of carbonyl (C=O) groups excluding carboxylic acids is 2. The fourth-order valence-electron chi connectivity index (χ4n) is 0.887. The Morgan fingerprint density at radius 1 is 1.46 bits per heavy atom. The number of carbonyl (C=O) groups is 3. The van der Waals surface area contributed by atoms with Crippen LogP contribution in [-0.2, 0) is 24.2 Å². The highest BCUT2D eigenvalue weighted by Gasteiger charge is 2.47. The molecule has 0 saturated carbocycles. The standard InChI is InChI=1S/C6H6O7/c7-3(8)1-6(11)2-4(9)12-13-5(6)10/h11H,1-2H2,(H,7,8)/t6-/m1/s1. The summed E-state index contributed by atoms with van der Waals surface area (Å²) >= 11 is 0. The van der Waals surface area contributed by atoms with Crippen LogP contribution in [0.3, 0.4) is 0 Å². The van der Waals surface area contributed by atoms with Crippen molar-refractivity contribution >= 4 is 17.9 Å². The summed E-state index contributed by atoms with van der Waals surface area (Å²) in [4.78, 5) is 39.2. The number of aliphatic carboxylic acids is 1. The van der Waals surface area contributed by atoms with E-state index in [1.54, 1.807) is 0 Å². The normalized spacial score (nSPS) is 27.8. The van der Waals surface area contributed by atoms with Gasteiger partial charge >= 0.3 is 17.9 Å². The quantitative estimate of drug-likeness (QED) is 0.515. The molecule has 0 unspecified atom stereocenters. The van der Waals surface area contributed by atoms with Crippen molar-refractivity contribution in [3.63, 3.8) is 0 Å². The van der Waals surface area contributed by atoms with Crippen LogP contribution in [0.2, 0.25) is 0 Å². The van der Waals surface area contributed by atoms with E-state index in [-0.39, 0.29) is 0 Å². The van der Waals surface area contributed by atoms with Crippen molar-refractivity contribution in [3.05, 3.63) is 0 Å². The maximum absolute atomic E-state index is 10.8. The highest BCUT2D eigenvalue weighted by atomic mass is 17.2. The lowest BCUT2D eigenvalue weighted by Crippen LogP contribution is -2.48. The van der Waals surface area contributed by atoms with Crippen LogP contribution in [0, 0.1) is 0 Å². The summed E-state index contributed by atoms with van der Waals surface area (Å²) in [6.45, 7) is 0. The monoisotopic (exact) mass is 190 g/mol. The third-order valence-corrected chi connectivity index (χ3v) is 1.47. The zero-order valence-electron chi connectivity index (χ0n) is 6.35. The predicted molar refractivity (Wildman–Crippen MR) is 34.0 cm³/mol. The van der Waals surface area contributed by atoms with Crippen LogP contribution in [0.15, 0.2) is 0 Å². The largest absolute Gasteiger partial charge is 0.481 e. The van der Waals surface area contributed by atoms with E-state index in [0.29, 0.717) is 0 Å². The fraction of sp³-hybridized carbons (Fsp3) is 0.500. The molecule has 2 N–H and O–H groups in total. The molecule has 13 heavy (non-hydrogen) atoms. The van der Waals surface area contributed by atoms with E-state index in [0.717, 1.165) is 0 Å². The molecule has 1 atom stereocenters. The van der Waals surface area contributed by atoms with Crippen LogP contribution >= 0.6 is 0 Å². The Balaban J connectivity index is 2.78. The molecule has 1 rings (SSSR count). The molecule has 0 aromatic heterocycles. The number of aliphatic hydroxyl groups is 1. The average molecular weight is 190 g/mol. The molecule has 0 aromatic rings. The van der Waals surface area contributed by atoms with Gasteiger partial charge in [-0.2, -0.15) is 0 Å². The van der Waals surface area contributed by atoms with Gasteiger partial charge in [0.2, 0.25) is 0 Å². The van der Waals surface area contributed by atoms with Gasteiger partial charge in [-0.05, 0) is 0 Å². The topological polar surface area (TPSA) is 110 Å². The van der Waals surface area contributed by atoms with Gasteiger partial charge in [0.05, 0.1) is 12.8 Å². The zero-order chi connectivity index (χ0) is 10.1. The molecule has 0 bridgehead atoms. The summed E-state index contributed by atoms with van der Waals surface area (Å²) < 4.78 is 0. The van der Waals surface area contributed by atoms with Crippen LogP contribution in [0.4, 0.5) is 0 Å². The molecule has 7 nitrogen and oxygen atoms in total. The first-order valence-corrected chi connectivity index (χ1v) is 3.30. The van der Waals surface area contributed by atoms with Gasteiger partial charge in [-0.15, -0.1) is 0 Å². The Kier molecular flexibility index (Phi) is 2.20. The van der Waals surface area contributed by atoms with Crippen molar-refractivity contribution < 1.29 is 34.4 Å². The summed E-state index contributed by atoms with van der Waals surface area (Å²) in [5.41, 5.74) is -2.30. The minimum atomic E-state index is -2.30. The lowest BCUT2D eigenvalue weighted by molar-refractivity contribution is -0.287. The Morgan fingerprint density at radius 2 is 2.08 bits per heavy atom. The fourth-order valence-corrected chi connectivity index (χ4v) is 0.887. The van der Waals surface area contributed by atoms with Gasteiger partial charge in [-0.25, -0.2) is 19.4 Å². The Morgan fingerprint density at radius 3 is 2.62 bits per heavy atom. The number of rotatable bonds is 2. The Bertz CT molecular complexity index is 266. The first kappa shape index (κ1) is 9.46. The molecule has 0 aromatic carbocycles. The Labute approximate surface area is 71.8 Å². The second-order valence-corrected chi connectivity index (χ2v) is 2.61. The van der Waals surface area contributed by atoms with E-state index in [1.165, 1.54) is 0 Å². The molecular formula is C6H6O7. The second kappa shape index (κ2) is 3.02. The van der Waals surface area contributed by atoms with Crippen LogP contribution in [0.5, 0.6) is 0 Å². The second-order valence-electron chi connectivity index (χ2n) is 2.61. The number of carboxylic acid groups (broad SMARTS) is 1. The minimum Gasteiger partial charge on any atom is -0.481 e. The molecule has 0 amide bonds. The summed E-state index contributed by atoms with van der Waals surface area (Å²) in [6.07, 6.45) is -1.60. The predicted octanol–water partition coefficient (Wildman–Crippen LogP) is -1.40. The molecular weight excluding hydrogens is 184 g/mol. The highest BCUT2D eigenvalue weighted by Crippen LogP contribution is 2.22. The first-order chi connectivity index (χ1) is 5.94. The highest BCUT2D eigenvalue weighted by molar-refractivity contribution is 5.91. The molecule has 7 heteroatoms. The molecule has 1 fully saturated rings. The lowest BCUT2D eigenvalue weighted by atomic mass is 9.95. The molecule has 0 spiro atoms. The van der Waals surface area contributed by atoms with Gasteiger partial charge in [0, 0.05) is 0 Å². The summed E-state index contributed by atoms with van der Waals surface area (Å²) in [5.74, 6) is -3.66. The van der Waals surface area contributed by atoms with E-state index in [9.17, 15) is 19.5 Å². The van der Waals surface area contributed by atoms with Gasteiger partial charge < -0.3 is 10.2 Å². The van der Waals surface area contributed by atoms with Crippen molar-refractivity contribution in [1.29, 1.82) is 0 Å². The average Bonchev–Trinajstić information content (AvgIpc) is 1.95. The molecule has 1 aliphatic rings. The number of hydrogen-bond acceptors (Lipinski definition) is 6. The molecule has 0 aliphatic carbocycles. The molecule has 72 valence electrons.